The van der Waals surface area contributed by atoms with Crippen molar-refractivity contribution >= 4 is 34.8 Å². The fraction of sp³-hybridized carbons (Fsp3) is 0.400. The van der Waals surface area contributed by atoms with E-state index in [-0.39, 0.29) is 30.5 Å². The predicted octanol–water partition coefficient (Wildman–Crippen LogP) is 5.84. The second-order valence-electron chi connectivity index (χ2n) is 10.1. The van der Waals surface area contributed by atoms with Crippen molar-refractivity contribution in [1.82, 2.24) is 9.80 Å². The zero-order chi connectivity index (χ0) is 26.6. The molecule has 2 atom stereocenters. The van der Waals surface area contributed by atoms with Crippen molar-refractivity contribution in [2.24, 2.45) is 0 Å². The van der Waals surface area contributed by atoms with Gasteiger partial charge in [-0.2, -0.15) is 0 Å². The Morgan fingerprint density at radius 2 is 2.05 bits per heavy atom. The Hall–Kier alpha value is -2.87. The predicted molar refractivity (Wildman–Crippen MR) is 150 cm³/mol. The molecule has 0 radical (unpaired) electrons. The molecule has 3 aromatic rings. The van der Waals surface area contributed by atoms with Gasteiger partial charge in [-0.05, 0) is 79.9 Å². The number of hydrogen-bond acceptors (Lipinski definition) is 5. The molecule has 0 spiro atoms. The molecule has 1 saturated heterocycles. The molecule has 2 aliphatic rings. The minimum atomic E-state index is -0.218. The number of rotatable bonds is 8. The summed E-state index contributed by atoms with van der Waals surface area (Å²) >= 11 is 7.89. The first-order valence-corrected chi connectivity index (χ1v) is 14.4. The van der Waals surface area contributed by atoms with Gasteiger partial charge in [-0.25, -0.2) is 0 Å². The smallest absolute Gasteiger partial charge is 0.254 e. The van der Waals surface area contributed by atoms with Gasteiger partial charge in [-0.15, -0.1) is 11.3 Å². The van der Waals surface area contributed by atoms with E-state index in [0.29, 0.717) is 36.9 Å². The summed E-state index contributed by atoms with van der Waals surface area (Å²) < 4.78 is 12.1. The van der Waals surface area contributed by atoms with Gasteiger partial charge >= 0.3 is 0 Å². The van der Waals surface area contributed by atoms with Crippen molar-refractivity contribution in [3.05, 3.63) is 86.1 Å². The van der Waals surface area contributed by atoms with Gasteiger partial charge in [0.15, 0.2) is 0 Å². The van der Waals surface area contributed by atoms with Gasteiger partial charge in [-0.3, -0.25) is 9.59 Å². The lowest BCUT2D eigenvalue weighted by atomic mass is 10.00. The molecular formula is C30H33ClN2O4S. The quantitative estimate of drug-likeness (QED) is 0.352. The normalized spacial score (nSPS) is 18.8. The largest absolute Gasteiger partial charge is 0.491 e. The van der Waals surface area contributed by atoms with Gasteiger partial charge in [0.2, 0.25) is 5.91 Å². The molecule has 2 unspecified atom stereocenters. The third-order valence-corrected chi connectivity index (χ3v) is 8.51. The summed E-state index contributed by atoms with van der Waals surface area (Å²) in [7, 11) is 0. The first-order chi connectivity index (χ1) is 18.4. The highest BCUT2D eigenvalue weighted by molar-refractivity contribution is 7.10. The molecule has 2 aliphatic heterocycles. The van der Waals surface area contributed by atoms with Crippen LogP contribution in [0.4, 0.5) is 0 Å². The van der Waals surface area contributed by atoms with Gasteiger partial charge in [0.05, 0.1) is 12.1 Å². The van der Waals surface area contributed by atoms with Crippen molar-refractivity contribution in [2.45, 2.75) is 45.3 Å². The number of aryl methyl sites for hydroxylation is 2. The molecule has 2 amide bonds. The number of benzene rings is 2. The van der Waals surface area contributed by atoms with Crippen LogP contribution in [0.3, 0.4) is 0 Å². The highest BCUT2D eigenvalue weighted by Crippen LogP contribution is 2.34. The van der Waals surface area contributed by atoms with Crippen LogP contribution < -0.4 is 4.74 Å². The Morgan fingerprint density at radius 1 is 1.18 bits per heavy atom. The van der Waals surface area contributed by atoms with E-state index in [9.17, 15) is 9.59 Å². The average molecular weight is 553 g/mol. The lowest BCUT2D eigenvalue weighted by Gasteiger charge is -2.37. The number of halogens is 1. The van der Waals surface area contributed by atoms with Crippen molar-refractivity contribution in [1.29, 1.82) is 0 Å². The highest BCUT2D eigenvalue weighted by atomic mass is 35.5. The molecule has 0 aliphatic carbocycles. The molecule has 200 valence electrons. The Bertz CT molecular complexity index is 1300. The lowest BCUT2D eigenvalue weighted by Crippen LogP contribution is -2.49. The molecule has 0 bridgehead atoms. The number of carbonyl (C=O) groups is 2. The van der Waals surface area contributed by atoms with E-state index in [1.807, 2.05) is 24.0 Å². The van der Waals surface area contributed by atoms with E-state index in [1.54, 1.807) is 40.5 Å². The minimum Gasteiger partial charge on any atom is -0.491 e. The number of hydrogen-bond donors (Lipinski definition) is 0. The maximum absolute atomic E-state index is 13.9. The SMILES string of the molecule is Cc1ccc(OCC2c3ccsc3CCN2C(=O)CN(CC2CCCO2)C(=O)c2cccc(Cl)c2)c(C)c1. The van der Waals surface area contributed by atoms with Crippen LogP contribution in [-0.2, 0) is 16.0 Å². The zero-order valence-corrected chi connectivity index (χ0v) is 23.4. The second-order valence-corrected chi connectivity index (χ2v) is 11.5. The molecule has 0 saturated carbocycles. The fourth-order valence-electron chi connectivity index (χ4n) is 5.32. The molecule has 5 rings (SSSR count). The number of nitrogens with zero attached hydrogens (tertiary/aromatic N) is 2. The van der Waals surface area contributed by atoms with Crippen LogP contribution in [0, 0.1) is 13.8 Å². The third kappa shape index (κ3) is 6.06. The van der Waals surface area contributed by atoms with Gasteiger partial charge in [0, 0.05) is 35.2 Å². The van der Waals surface area contributed by atoms with Crippen LogP contribution in [-0.4, -0.2) is 60.6 Å². The summed E-state index contributed by atoms with van der Waals surface area (Å²) in [6, 6.07) is 14.9. The van der Waals surface area contributed by atoms with E-state index in [0.717, 1.165) is 36.1 Å². The average Bonchev–Trinajstić information content (AvgIpc) is 3.59. The molecular weight excluding hydrogens is 520 g/mol. The monoisotopic (exact) mass is 552 g/mol. The molecule has 0 N–H and O–H groups in total. The Balaban J connectivity index is 1.36. The van der Waals surface area contributed by atoms with Gasteiger partial charge in [-0.1, -0.05) is 35.4 Å². The van der Waals surface area contributed by atoms with Crippen LogP contribution >= 0.6 is 22.9 Å². The van der Waals surface area contributed by atoms with Crippen LogP contribution in [0.15, 0.2) is 53.9 Å². The number of amides is 2. The standard InChI is InChI=1S/C30H33ClN2O4S/c1-20-8-9-27(21(2)15-20)37-19-26-25-11-14-38-28(25)10-12-33(26)29(34)18-32(17-24-7-4-13-36-24)30(35)22-5-3-6-23(31)16-22/h3,5-6,8-9,11,14-16,24,26H,4,7,10,12-13,17-19H2,1-2H3. The van der Waals surface area contributed by atoms with E-state index < -0.39 is 0 Å². The van der Waals surface area contributed by atoms with E-state index in [1.165, 1.54) is 10.4 Å². The molecule has 6 nitrogen and oxygen atoms in total. The summed E-state index contributed by atoms with van der Waals surface area (Å²) in [6.07, 6.45) is 2.57. The maximum atomic E-state index is 13.9. The first kappa shape index (κ1) is 26.7. The number of fused-ring (bicyclic) bond motifs is 1. The summed E-state index contributed by atoms with van der Waals surface area (Å²) in [4.78, 5) is 32.2. The molecule has 2 aromatic carbocycles. The van der Waals surface area contributed by atoms with Gasteiger partial charge < -0.3 is 19.3 Å². The molecule has 1 aromatic heterocycles. The van der Waals surface area contributed by atoms with Crippen molar-refractivity contribution in [3.63, 3.8) is 0 Å². The number of ether oxygens (including phenoxy) is 2. The van der Waals surface area contributed by atoms with Crippen molar-refractivity contribution in [3.8, 4) is 5.75 Å². The Labute approximate surface area is 233 Å². The highest BCUT2D eigenvalue weighted by Gasteiger charge is 2.34. The zero-order valence-electron chi connectivity index (χ0n) is 21.8. The van der Waals surface area contributed by atoms with Crippen molar-refractivity contribution in [2.75, 3.05) is 32.8 Å². The van der Waals surface area contributed by atoms with E-state index in [4.69, 9.17) is 21.1 Å². The summed E-state index contributed by atoms with van der Waals surface area (Å²) in [5.74, 6) is 0.513. The van der Waals surface area contributed by atoms with Crippen LogP contribution in [0.5, 0.6) is 5.75 Å². The van der Waals surface area contributed by atoms with E-state index >= 15 is 0 Å². The lowest BCUT2D eigenvalue weighted by molar-refractivity contribution is -0.135. The summed E-state index contributed by atoms with van der Waals surface area (Å²) in [5, 5.41) is 2.57. The number of carbonyl (C=O) groups excluding carboxylic acids is 2. The molecule has 3 heterocycles. The van der Waals surface area contributed by atoms with Crippen LogP contribution in [0.2, 0.25) is 5.02 Å². The summed E-state index contributed by atoms with van der Waals surface area (Å²) in [5.41, 5.74) is 3.85. The number of thiophene rings is 1. The van der Waals surface area contributed by atoms with Crippen molar-refractivity contribution < 1.29 is 19.1 Å². The molecule has 1 fully saturated rings. The second kappa shape index (κ2) is 11.9. The first-order valence-electron chi connectivity index (χ1n) is 13.1. The Morgan fingerprint density at radius 3 is 2.82 bits per heavy atom. The van der Waals surface area contributed by atoms with Crippen LogP contribution in [0.25, 0.3) is 0 Å². The molecule has 8 heteroatoms. The topological polar surface area (TPSA) is 59.1 Å². The minimum absolute atomic E-state index is 0.0231. The third-order valence-electron chi connectivity index (χ3n) is 7.28. The van der Waals surface area contributed by atoms with E-state index in [2.05, 4.69) is 24.4 Å². The van der Waals surface area contributed by atoms with Gasteiger partial charge in [0.25, 0.3) is 5.91 Å². The molecule has 38 heavy (non-hydrogen) atoms. The van der Waals surface area contributed by atoms with Crippen LogP contribution in [0.1, 0.15) is 50.8 Å². The maximum Gasteiger partial charge on any atom is 0.254 e. The summed E-state index contributed by atoms with van der Waals surface area (Å²) in [6.45, 7) is 6.07. The Kier molecular flexibility index (Phi) is 8.36. The van der Waals surface area contributed by atoms with Gasteiger partial charge in [0.1, 0.15) is 18.9 Å². The fourth-order valence-corrected chi connectivity index (χ4v) is 6.43.